The molecule has 0 aliphatic rings. The van der Waals surface area contributed by atoms with Gasteiger partial charge >= 0.3 is 12.1 Å². The predicted octanol–water partition coefficient (Wildman–Crippen LogP) is 3.61. The van der Waals surface area contributed by atoms with Crippen molar-refractivity contribution in [2.45, 2.75) is 13.1 Å². The van der Waals surface area contributed by atoms with Crippen LogP contribution in [0.25, 0.3) is 6.08 Å². The van der Waals surface area contributed by atoms with Gasteiger partial charge in [0.05, 0.1) is 5.56 Å². The third kappa shape index (κ3) is 3.07. The number of rotatable bonds is 2. The quantitative estimate of drug-likeness (QED) is 0.511. The molecule has 1 rings (SSSR count). The zero-order chi connectivity index (χ0) is 15.0. The molecule has 0 bridgehead atoms. The molecule has 0 heterocycles. The van der Waals surface area contributed by atoms with Crippen molar-refractivity contribution in [3.8, 4) is 0 Å². The van der Waals surface area contributed by atoms with E-state index in [-0.39, 0.29) is 6.07 Å². The van der Waals surface area contributed by atoms with E-state index in [1.54, 1.807) is 0 Å². The summed E-state index contributed by atoms with van der Waals surface area (Å²) in [7, 11) is 0. The van der Waals surface area contributed by atoms with E-state index in [0.29, 0.717) is 6.08 Å². The van der Waals surface area contributed by atoms with E-state index in [0.717, 1.165) is 6.92 Å². The molecule has 2 nitrogen and oxygen atoms in total. The maximum atomic E-state index is 13.3. The Bertz CT molecular complexity index is 559. The number of carbonyl (C=O) groups is 1. The second-order valence-electron chi connectivity index (χ2n) is 3.58. The van der Waals surface area contributed by atoms with Gasteiger partial charge in [-0.3, -0.25) is 0 Å². The van der Waals surface area contributed by atoms with Crippen molar-refractivity contribution in [2.24, 2.45) is 0 Å². The van der Waals surface area contributed by atoms with E-state index in [4.69, 9.17) is 5.11 Å². The molecule has 0 unspecified atom stereocenters. The number of hydrogen-bond acceptors (Lipinski definition) is 1. The average Bonchev–Trinajstić information content (AvgIpc) is 2.27. The Labute approximate surface area is 103 Å². The first-order chi connectivity index (χ1) is 8.55. The average molecular weight is 284 g/mol. The zero-order valence-corrected chi connectivity index (χ0v) is 9.28. The van der Waals surface area contributed by atoms with Gasteiger partial charge in [-0.1, -0.05) is 0 Å². The van der Waals surface area contributed by atoms with Gasteiger partial charge < -0.3 is 5.11 Å². The molecular weight excluding hydrogens is 278 g/mol. The fourth-order valence-corrected chi connectivity index (χ4v) is 1.23. The van der Waals surface area contributed by atoms with E-state index < -0.39 is 46.3 Å². The third-order valence-corrected chi connectivity index (χ3v) is 2.20. The third-order valence-electron chi connectivity index (χ3n) is 2.20. The first-order valence-corrected chi connectivity index (χ1v) is 4.72. The molecule has 1 N–H and O–H groups in total. The number of benzene rings is 1. The molecule has 0 spiro atoms. The van der Waals surface area contributed by atoms with Crippen LogP contribution < -0.4 is 0 Å². The predicted molar refractivity (Wildman–Crippen MR) is 52.6 cm³/mol. The highest BCUT2D eigenvalue weighted by Crippen LogP contribution is 2.34. The fourth-order valence-electron chi connectivity index (χ4n) is 1.23. The number of aliphatic carboxylic acids is 1. The summed E-state index contributed by atoms with van der Waals surface area (Å²) in [6.07, 6.45) is -4.84. The van der Waals surface area contributed by atoms with Crippen LogP contribution in [-0.2, 0) is 11.0 Å². The fraction of sp³-hybridized carbons (Fsp3) is 0.182. The largest absolute Gasteiger partial charge is 0.478 e. The highest BCUT2D eigenvalue weighted by atomic mass is 19.4. The molecule has 0 atom stereocenters. The van der Waals surface area contributed by atoms with Gasteiger partial charge in [0, 0.05) is 11.1 Å². The molecule has 19 heavy (non-hydrogen) atoms. The molecule has 104 valence electrons. The number of carboxylic acid groups (broad SMARTS) is 1. The van der Waals surface area contributed by atoms with Crippen LogP contribution in [0.3, 0.4) is 0 Å². The van der Waals surface area contributed by atoms with Crippen LogP contribution in [0.5, 0.6) is 0 Å². The lowest BCUT2D eigenvalue weighted by Gasteiger charge is -2.10. The summed E-state index contributed by atoms with van der Waals surface area (Å²) in [6, 6.07) is -0.223. The molecule has 0 radical (unpaired) electrons. The number of alkyl halides is 3. The van der Waals surface area contributed by atoms with Gasteiger partial charge in [0.2, 0.25) is 0 Å². The van der Waals surface area contributed by atoms with E-state index in [1.165, 1.54) is 0 Å². The van der Waals surface area contributed by atoms with Crippen LogP contribution in [0.1, 0.15) is 18.1 Å². The SMILES string of the molecule is C/C(=C\c1c(F)cc(C(F)(F)F)c(F)c1F)C(=O)O. The van der Waals surface area contributed by atoms with E-state index >= 15 is 0 Å². The minimum atomic E-state index is -5.25. The van der Waals surface area contributed by atoms with E-state index in [9.17, 15) is 31.1 Å². The molecule has 0 saturated carbocycles. The van der Waals surface area contributed by atoms with Crippen LogP contribution in [0.2, 0.25) is 0 Å². The molecule has 1 aromatic rings. The van der Waals surface area contributed by atoms with Crippen LogP contribution in [0.15, 0.2) is 11.6 Å². The second-order valence-corrected chi connectivity index (χ2v) is 3.58. The summed E-state index contributed by atoms with van der Waals surface area (Å²) >= 11 is 0. The van der Waals surface area contributed by atoms with Gasteiger partial charge in [-0.25, -0.2) is 18.0 Å². The Balaban J connectivity index is 3.52. The molecule has 0 aliphatic carbocycles. The van der Waals surface area contributed by atoms with Crippen molar-refractivity contribution in [2.75, 3.05) is 0 Å². The van der Waals surface area contributed by atoms with Gasteiger partial charge in [0.25, 0.3) is 0 Å². The Morgan fingerprint density at radius 1 is 1.21 bits per heavy atom. The summed E-state index contributed by atoms with van der Waals surface area (Å²) in [5.74, 6) is -7.61. The van der Waals surface area contributed by atoms with E-state index in [1.807, 2.05) is 0 Å². The molecule has 0 aromatic heterocycles. The normalized spacial score (nSPS) is 12.7. The lowest BCUT2D eigenvalue weighted by atomic mass is 10.1. The highest BCUT2D eigenvalue weighted by molar-refractivity contribution is 5.91. The Morgan fingerprint density at radius 2 is 1.74 bits per heavy atom. The van der Waals surface area contributed by atoms with Gasteiger partial charge in [-0.2, -0.15) is 13.2 Å². The van der Waals surface area contributed by atoms with Gasteiger partial charge in [0.1, 0.15) is 5.82 Å². The minimum Gasteiger partial charge on any atom is -0.478 e. The van der Waals surface area contributed by atoms with Crippen LogP contribution in [0, 0.1) is 17.5 Å². The van der Waals surface area contributed by atoms with Gasteiger partial charge in [-0.05, 0) is 19.1 Å². The summed E-state index contributed by atoms with van der Waals surface area (Å²) in [5.41, 5.74) is -3.82. The lowest BCUT2D eigenvalue weighted by molar-refractivity contribution is -0.140. The topological polar surface area (TPSA) is 37.3 Å². The minimum absolute atomic E-state index is 0.223. The molecule has 0 saturated heterocycles. The summed E-state index contributed by atoms with van der Waals surface area (Å²) in [5, 5.41) is 8.49. The van der Waals surface area contributed by atoms with Crippen molar-refractivity contribution < 1.29 is 36.2 Å². The molecular formula is C11H6F6O2. The zero-order valence-electron chi connectivity index (χ0n) is 9.28. The summed E-state index contributed by atoms with van der Waals surface area (Å²) in [6.45, 7) is 0.955. The summed E-state index contributed by atoms with van der Waals surface area (Å²) in [4.78, 5) is 10.5. The summed E-state index contributed by atoms with van der Waals surface area (Å²) < 4.78 is 76.5. The van der Waals surface area contributed by atoms with Crippen molar-refractivity contribution in [1.29, 1.82) is 0 Å². The van der Waals surface area contributed by atoms with Gasteiger partial charge in [-0.15, -0.1) is 0 Å². The number of hydrogen-bond donors (Lipinski definition) is 1. The maximum absolute atomic E-state index is 13.3. The van der Waals surface area contributed by atoms with Crippen LogP contribution >= 0.6 is 0 Å². The first kappa shape index (κ1) is 15.1. The first-order valence-electron chi connectivity index (χ1n) is 4.72. The smallest absolute Gasteiger partial charge is 0.419 e. The molecule has 1 aromatic carbocycles. The van der Waals surface area contributed by atoms with Crippen molar-refractivity contribution in [3.05, 3.63) is 40.2 Å². The second kappa shape index (κ2) is 4.94. The molecule has 0 aliphatic heterocycles. The number of carboxylic acids is 1. The number of halogens is 6. The standard InChI is InChI=1S/C11H6F6O2/c1-4(10(18)19)2-5-7(12)3-6(11(15,16)17)9(14)8(5)13/h2-3H,1H3,(H,18,19)/b4-2+. The molecule has 8 heteroatoms. The molecule has 0 amide bonds. The Kier molecular flexibility index (Phi) is 3.92. The highest BCUT2D eigenvalue weighted by Gasteiger charge is 2.37. The van der Waals surface area contributed by atoms with Crippen molar-refractivity contribution >= 4 is 12.0 Å². The lowest BCUT2D eigenvalue weighted by Crippen LogP contribution is -2.12. The monoisotopic (exact) mass is 284 g/mol. The van der Waals surface area contributed by atoms with Crippen molar-refractivity contribution in [1.82, 2.24) is 0 Å². The van der Waals surface area contributed by atoms with Gasteiger partial charge in [0.15, 0.2) is 11.6 Å². The molecule has 0 fully saturated rings. The van der Waals surface area contributed by atoms with E-state index in [2.05, 4.69) is 0 Å². The van der Waals surface area contributed by atoms with Crippen LogP contribution in [-0.4, -0.2) is 11.1 Å². The van der Waals surface area contributed by atoms with Crippen molar-refractivity contribution in [3.63, 3.8) is 0 Å². The Morgan fingerprint density at radius 3 is 2.16 bits per heavy atom. The van der Waals surface area contributed by atoms with Crippen LogP contribution in [0.4, 0.5) is 26.3 Å². The Hall–Kier alpha value is -1.99. The maximum Gasteiger partial charge on any atom is 0.419 e.